The van der Waals surface area contributed by atoms with E-state index in [9.17, 15) is 19.7 Å². The Labute approximate surface area is 128 Å². The number of H-pyrrole nitrogens is 1. The SMILES string of the molecule is O=c1[nH]c2ccccc2c(=O)n1/N=C/c1ccc([N+](=O)[O-])cc1. The highest BCUT2D eigenvalue weighted by molar-refractivity contribution is 5.80. The van der Waals surface area contributed by atoms with Crippen LogP contribution in [0.4, 0.5) is 5.69 Å². The van der Waals surface area contributed by atoms with Crippen molar-refractivity contribution in [1.82, 2.24) is 9.66 Å². The van der Waals surface area contributed by atoms with Crippen LogP contribution >= 0.6 is 0 Å². The molecule has 3 aromatic rings. The number of nitro groups is 1. The van der Waals surface area contributed by atoms with Crippen molar-refractivity contribution < 1.29 is 4.92 Å². The zero-order chi connectivity index (χ0) is 16.4. The molecule has 1 N–H and O–H groups in total. The fourth-order valence-corrected chi connectivity index (χ4v) is 2.06. The van der Waals surface area contributed by atoms with Crippen LogP contribution in [0.5, 0.6) is 0 Å². The van der Waals surface area contributed by atoms with Crippen molar-refractivity contribution in [1.29, 1.82) is 0 Å². The fourth-order valence-electron chi connectivity index (χ4n) is 2.06. The third kappa shape index (κ3) is 2.77. The van der Waals surface area contributed by atoms with E-state index < -0.39 is 16.2 Å². The van der Waals surface area contributed by atoms with E-state index in [1.54, 1.807) is 24.3 Å². The Hall–Kier alpha value is -3.55. The highest BCUT2D eigenvalue weighted by Gasteiger charge is 2.06. The van der Waals surface area contributed by atoms with Crippen LogP contribution in [0.3, 0.4) is 0 Å². The van der Waals surface area contributed by atoms with Gasteiger partial charge in [0.05, 0.1) is 22.0 Å². The number of para-hydroxylation sites is 1. The van der Waals surface area contributed by atoms with Gasteiger partial charge in [-0.3, -0.25) is 14.9 Å². The Balaban J connectivity index is 2.02. The van der Waals surface area contributed by atoms with Crippen LogP contribution in [0.1, 0.15) is 5.56 Å². The summed E-state index contributed by atoms with van der Waals surface area (Å²) in [6.07, 6.45) is 1.29. The molecule has 0 aliphatic carbocycles. The molecule has 0 radical (unpaired) electrons. The highest BCUT2D eigenvalue weighted by atomic mass is 16.6. The second-order valence-corrected chi connectivity index (χ2v) is 4.69. The molecule has 2 aromatic carbocycles. The fraction of sp³-hybridized carbons (Fsp3) is 0. The van der Waals surface area contributed by atoms with Gasteiger partial charge in [-0.15, -0.1) is 4.68 Å². The van der Waals surface area contributed by atoms with Gasteiger partial charge in [-0.2, -0.15) is 5.10 Å². The zero-order valence-electron chi connectivity index (χ0n) is 11.7. The molecule has 0 saturated heterocycles. The molecule has 0 unspecified atom stereocenters. The maximum Gasteiger partial charge on any atom is 0.349 e. The van der Waals surface area contributed by atoms with Crippen LogP contribution in [0.25, 0.3) is 10.9 Å². The monoisotopic (exact) mass is 310 g/mol. The molecular weight excluding hydrogens is 300 g/mol. The van der Waals surface area contributed by atoms with Gasteiger partial charge in [0, 0.05) is 12.1 Å². The van der Waals surface area contributed by atoms with E-state index in [0.717, 1.165) is 0 Å². The van der Waals surface area contributed by atoms with Crippen LogP contribution in [0, 0.1) is 10.1 Å². The van der Waals surface area contributed by atoms with Crippen molar-refractivity contribution in [2.24, 2.45) is 5.10 Å². The van der Waals surface area contributed by atoms with Gasteiger partial charge in [0.2, 0.25) is 0 Å². The third-order valence-electron chi connectivity index (χ3n) is 3.21. The number of benzene rings is 2. The molecule has 3 rings (SSSR count). The van der Waals surface area contributed by atoms with Crippen LogP contribution < -0.4 is 11.2 Å². The summed E-state index contributed by atoms with van der Waals surface area (Å²) in [7, 11) is 0. The van der Waals surface area contributed by atoms with Gasteiger partial charge in [-0.1, -0.05) is 12.1 Å². The number of rotatable bonds is 3. The normalized spacial score (nSPS) is 11.1. The molecule has 8 nitrogen and oxygen atoms in total. The minimum atomic E-state index is -0.660. The molecule has 0 saturated carbocycles. The summed E-state index contributed by atoms with van der Waals surface area (Å²) >= 11 is 0. The topological polar surface area (TPSA) is 110 Å². The summed E-state index contributed by atoms with van der Waals surface area (Å²) in [5.74, 6) is 0. The number of aromatic amines is 1. The van der Waals surface area contributed by atoms with Gasteiger partial charge in [0.1, 0.15) is 0 Å². The quantitative estimate of drug-likeness (QED) is 0.448. The molecule has 23 heavy (non-hydrogen) atoms. The Morgan fingerprint density at radius 2 is 1.78 bits per heavy atom. The standard InChI is InChI=1S/C15H10N4O4/c20-14-12-3-1-2-4-13(12)17-15(21)18(14)16-9-10-5-7-11(8-6-10)19(22)23/h1-9H,(H,17,21)/b16-9+. The van der Waals surface area contributed by atoms with Gasteiger partial charge in [-0.05, 0) is 29.8 Å². The van der Waals surface area contributed by atoms with Crippen molar-refractivity contribution >= 4 is 22.8 Å². The molecule has 0 aliphatic rings. The van der Waals surface area contributed by atoms with Crippen LogP contribution in [0.2, 0.25) is 0 Å². The Morgan fingerprint density at radius 3 is 2.48 bits per heavy atom. The first-order valence-electron chi connectivity index (χ1n) is 6.59. The Morgan fingerprint density at radius 1 is 1.09 bits per heavy atom. The molecule has 0 spiro atoms. The van der Waals surface area contributed by atoms with Gasteiger partial charge in [0.25, 0.3) is 11.2 Å². The number of nitrogens with zero attached hydrogens (tertiary/aromatic N) is 3. The number of fused-ring (bicyclic) bond motifs is 1. The zero-order valence-corrected chi connectivity index (χ0v) is 11.7. The van der Waals surface area contributed by atoms with E-state index in [0.29, 0.717) is 21.1 Å². The third-order valence-corrected chi connectivity index (χ3v) is 3.21. The van der Waals surface area contributed by atoms with Crippen molar-refractivity contribution in [3.8, 4) is 0 Å². The molecule has 1 heterocycles. The lowest BCUT2D eigenvalue weighted by Gasteiger charge is -2.00. The Bertz CT molecular complexity index is 1030. The van der Waals surface area contributed by atoms with Crippen molar-refractivity contribution in [3.05, 3.63) is 85.0 Å². The van der Waals surface area contributed by atoms with Gasteiger partial charge < -0.3 is 4.98 Å². The lowest BCUT2D eigenvalue weighted by molar-refractivity contribution is -0.384. The van der Waals surface area contributed by atoms with Crippen molar-refractivity contribution in [3.63, 3.8) is 0 Å². The van der Waals surface area contributed by atoms with Gasteiger partial charge in [-0.25, -0.2) is 4.79 Å². The van der Waals surface area contributed by atoms with Crippen LogP contribution in [0.15, 0.2) is 63.2 Å². The molecule has 0 fully saturated rings. The molecular formula is C15H10N4O4. The molecule has 0 bridgehead atoms. The first kappa shape index (κ1) is 14.4. The van der Waals surface area contributed by atoms with Gasteiger partial charge >= 0.3 is 5.69 Å². The number of non-ortho nitro benzene ring substituents is 1. The average Bonchev–Trinajstić information content (AvgIpc) is 2.55. The summed E-state index contributed by atoms with van der Waals surface area (Å²) in [6.45, 7) is 0. The van der Waals surface area contributed by atoms with E-state index in [1.165, 1.54) is 30.5 Å². The van der Waals surface area contributed by atoms with Crippen molar-refractivity contribution in [2.45, 2.75) is 0 Å². The number of hydrogen-bond acceptors (Lipinski definition) is 5. The largest absolute Gasteiger partial charge is 0.349 e. The van der Waals surface area contributed by atoms with E-state index in [4.69, 9.17) is 0 Å². The minimum absolute atomic E-state index is 0.0529. The number of nitro benzene ring substituents is 1. The van der Waals surface area contributed by atoms with Crippen LogP contribution in [-0.4, -0.2) is 20.8 Å². The molecule has 0 aliphatic heterocycles. The second kappa shape index (κ2) is 5.68. The second-order valence-electron chi connectivity index (χ2n) is 4.69. The highest BCUT2D eigenvalue weighted by Crippen LogP contribution is 2.10. The lowest BCUT2D eigenvalue weighted by atomic mass is 10.2. The Kier molecular flexibility index (Phi) is 3.55. The number of hydrogen-bond donors (Lipinski definition) is 1. The van der Waals surface area contributed by atoms with Crippen LogP contribution in [-0.2, 0) is 0 Å². The molecule has 114 valence electrons. The predicted molar refractivity (Wildman–Crippen MR) is 84.9 cm³/mol. The molecule has 0 amide bonds. The molecule has 8 heteroatoms. The van der Waals surface area contributed by atoms with E-state index in [2.05, 4.69) is 10.1 Å². The molecule has 1 aromatic heterocycles. The number of nitrogens with one attached hydrogen (secondary N) is 1. The average molecular weight is 310 g/mol. The van der Waals surface area contributed by atoms with E-state index >= 15 is 0 Å². The predicted octanol–water partition coefficient (Wildman–Crippen LogP) is 1.48. The minimum Gasteiger partial charge on any atom is -0.305 e. The smallest absolute Gasteiger partial charge is 0.305 e. The molecule has 0 atom stereocenters. The summed E-state index contributed by atoms with van der Waals surface area (Å²) in [4.78, 5) is 36.8. The summed E-state index contributed by atoms with van der Waals surface area (Å²) in [5, 5.41) is 14.8. The van der Waals surface area contributed by atoms with Gasteiger partial charge in [0.15, 0.2) is 0 Å². The van der Waals surface area contributed by atoms with E-state index in [1.807, 2.05) is 0 Å². The maximum atomic E-state index is 12.3. The summed E-state index contributed by atoms with van der Waals surface area (Å²) in [6, 6.07) is 12.2. The summed E-state index contributed by atoms with van der Waals surface area (Å²) in [5.41, 5.74) is -0.295. The maximum absolute atomic E-state index is 12.3. The first-order chi connectivity index (χ1) is 11.1. The first-order valence-corrected chi connectivity index (χ1v) is 6.59. The van der Waals surface area contributed by atoms with E-state index in [-0.39, 0.29) is 5.69 Å². The number of aromatic nitrogens is 2. The lowest BCUT2D eigenvalue weighted by Crippen LogP contribution is -2.32. The summed E-state index contributed by atoms with van der Waals surface area (Å²) < 4.78 is 0.712. The van der Waals surface area contributed by atoms with Crippen molar-refractivity contribution in [2.75, 3.05) is 0 Å².